The van der Waals surface area contributed by atoms with E-state index in [9.17, 15) is 14.0 Å². The average Bonchev–Trinajstić information content (AvgIpc) is 2.36. The van der Waals surface area contributed by atoms with E-state index in [1.807, 2.05) is 0 Å². The number of nitrogens with one attached hydrogen (secondary N) is 1. The largest absolute Gasteiger partial charge is 0.481 e. The maximum Gasteiger partial charge on any atom is 0.305 e. The molecule has 1 amide bonds. The minimum atomic E-state index is -0.950. The Morgan fingerprint density at radius 2 is 2.11 bits per heavy atom. The van der Waals surface area contributed by atoms with E-state index in [0.29, 0.717) is 11.3 Å². The number of halogens is 1. The number of thioether (sulfide) groups is 1. The van der Waals surface area contributed by atoms with Crippen LogP contribution in [0.4, 0.5) is 4.39 Å². The van der Waals surface area contributed by atoms with Gasteiger partial charge in [-0.2, -0.15) is 0 Å². The van der Waals surface area contributed by atoms with Crippen molar-refractivity contribution in [2.24, 2.45) is 0 Å². The molecule has 0 radical (unpaired) electrons. The lowest BCUT2D eigenvalue weighted by atomic mass is 10.1. The van der Waals surface area contributed by atoms with Gasteiger partial charge < -0.3 is 10.4 Å². The topological polar surface area (TPSA) is 66.4 Å². The summed E-state index contributed by atoms with van der Waals surface area (Å²) < 4.78 is 13.3. The van der Waals surface area contributed by atoms with Gasteiger partial charge in [0.2, 0.25) is 5.91 Å². The Labute approximate surface area is 115 Å². The van der Waals surface area contributed by atoms with E-state index < -0.39 is 5.97 Å². The SMILES string of the molecule is CCC(CC(=O)O)NC(=O)CSc1ccccc1F. The van der Waals surface area contributed by atoms with E-state index in [2.05, 4.69) is 5.32 Å². The molecule has 104 valence electrons. The standard InChI is InChI=1S/C13H16FNO3S/c1-2-9(7-13(17)18)15-12(16)8-19-11-6-4-3-5-10(11)14/h3-6,9H,2,7-8H2,1H3,(H,15,16)(H,17,18). The summed E-state index contributed by atoms with van der Waals surface area (Å²) in [7, 11) is 0. The molecule has 1 unspecified atom stereocenters. The van der Waals surface area contributed by atoms with Crippen LogP contribution >= 0.6 is 11.8 Å². The van der Waals surface area contributed by atoms with Gasteiger partial charge in [0.1, 0.15) is 5.82 Å². The monoisotopic (exact) mass is 285 g/mol. The molecule has 0 bridgehead atoms. The number of carboxylic acids is 1. The first kappa shape index (κ1) is 15.5. The van der Waals surface area contributed by atoms with Crippen LogP contribution in [0.1, 0.15) is 19.8 Å². The summed E-state index contributed by atoms with van der Waals surface area (Å²) in [6.07, 6.45) is 0.439. The van der Waals surface area contributed by atoms with Gasteiger partial charge in [-0.3, -0.25) is 9.59 Å². The molecule has 0 saturated carbocycles. The highest BCUT2D eigenvalue weighted by molar-refractivity contribution is 8.00. The predicted molar refractivity (Wildman–Crippen MR) is 71.6 cm³/mol. The average molecular weight is 285 g/mol. The Morgan fingerprint density at radius 1 is 1.42 bits per heavy atom. The van der Waals surface area contributed by atoms with Crippen molar-refractivity contribution in [3.8, 4) is 0 Å². The number of carbonyl (C=O) groups is 2. The Kier molecular flexibility index (Phi) is 6.35. The molecule has 0 fully saturated rings. The van der Waals surface area contributed by atoms with Crippen molar-refractivity contribution in [2.75, 3.05) is 5.75 Å². The minimum Gasteiger partial charge on any atom is -0.481 e. The summed E-state index contributed by atoms with van der Waals surface area (Å²) in [5.41, 5.74) is 0. The Morgan fingerprint density at radius 3 is 2.68 bits per heavy atom. The molecule has 1 aromatic carbocycles. The number of benzene rings is 1. The summed E-state index contributed by atoms with van der Waals surface area (Å²) in [5, 5.41) is 11.3. The number of aliphatic carboxylic acids is 1. The third kappa shape index (κ3) is 5.74. The van der Waals surface area contributed by atoms with E-state index in [0.717, 1.165) is 11.8 Å². The smallest absolute Gasteiger partial charge is 0.305 e. The van der Waals surface area contributed by atoms with Crippen LogP contribution in [0.3, 0.4) is 0 Å². The molecule has 0 aromatic heterocycles. The first-order chi connectivity index (χ1) is 9.02. The molecule has 1 rings (SSSR count). The molecule has 4 nitrogen and oxygen atoms in total. The van der Waals surface area contributed by atoms with Gasteiger partial charge in [0.15, 0.2) is 0 Å². The zero-order valence-electron chi connectivity index (χ0n) is 10.6. The Hall–Kier alpha value is -1.56. The van der Waals surface area contributed by atoms with Crippen molar-refractivity contribution in [1.29, 1.82) is 0 Å². The van der Waals surface area contributed by atoms with E-state index in [-0.39, 0.29) is 29.9 Å². The van der Waals surface area contributed by atoms with Gasteiger partial charge >= 0.3 is 5.97 Å². The summed E-state index contributed by atoms with van der Waals surface area (Å²) in [6.45, 7) is 1.80. The third-order valence-electron chi connectivity index (χ3n) is 2.47. The van der Waals surface area contributed by atoms with Crippen LogP contribution in [-0.2, 0) is 9.59 Å². The van der Waals surface area contributed by atoms with Crippen LogP contribution in [-0.4, -0.2) is 28.8 Å². The molecule has 0 aliphatic carbocycles. The van der Waals surface area contributed by atoms with Crippen LogP contribution in [0.15, 0.2) is 29.2 Å². The van der Waals surface area contributed by atoms with Crippen LogP contribution in [0.2, 0.25) is 0 Å². The zero-order chi connectivity index (χ0) is 14.3. The number of amides is 1. The molecule has 1 aromatic rings. The first-order valence-corrected chi connectivity index (χ1v) is 6.90. The van der Waals surface area contributed by atoms with E-state index in [1.54, 1.807) is 25.1 Å². The normalized spacial score (nSPS) is 11.9. The van der Waals surface area contributed by atoms with Crippen molar-refractivity contribution in [3.05, 3.63) is 30.1 Å². The van der Waals surface area contributed by atoms with Crippen LogP contribution in [0.25, 0.3) is 0 Å². The lowest BCUT2D eigenvalue weighted by molar-refractivity contribution is -0.137. The lowest BCUT2D eigenvalue weighted by Gasteiger charge is -2.14. The molecule has 0 aliphatic rings. The summed E-state index contributed by atoms with van der Waals surface area (Å²) >= 11 is 1.09. The van der Waals surface area contributed by atoms with Gasteiger partial charge in [-0.05, 0) is 18.6 Å². The predicted octanol–water partition coefficient (Wildman–Crippen LogP) is 2.29. The van der Waals surface area contributed by atoms with E-state index in [4.69, 9.17) is 5.11 Å². The van der Waals surface area contributed by atoms with E-state index >= 15 is 0 Å². The Bertz CT molecular complexity index is 453. The lowest BCUT2D eigenvalue weighted by Crippen LogP contribution is -2.37. The number of hydrogen-bond acceptors (Lipinski definition) is 3. The van der Waals surface area contributed by atoms with Crippen LogP contribution in [0.5, 0.6) is 0 Å². The van der Waals surface area contributed by atoms with Gasteiger partial charge in [-0.15, -0.1) is 11.8 Å². The zero-order valence-corrected chi connectivity index (χ0v) is 11.4. The summed E-state index contributed by atoms with van der Waals surface area (Å²) in [6, 6.07) is 5.83. The Balaban J connectivity index is 2.43. The maximum atomic E-state index is 13.3. The second-order valence-corrected chi connectivity index (χ2v) is 5.01. The number of carboxylic acid groups (broad SMARTS) is 1. The third-order valence-corrected chi connectivity index (χ3v) is 3.52. The highest BCUT2D eigenvalue weighted by Gasteiger charge is 2.14. The quantitative estimate of drug-likeness (QED) is 0.754. The van der Waals surface area contributed by atoms with Crippen molar-refractivity contribution in [3.63, 3.8) is 0 Å². The number of rotatable bonds is 7. The molecule has 2 N–H and O–H groups in total. The molecule has 1 atom stereocenters. The van der Waals surface area contributed by atoms with Gasteiger partial charge in [0.25, 0.3) is 0 Å². The molecule has 0 spiro atoms. The highest BCUT2D eigenvalue weighted by atomic mass is 32.2. The number of carbonyl (C=O) groups excluding carboxylic acids is 1. The van der Waals surface area contributed by atoms with Gasteiger partial charge in [-0.25, -0.2) is 4.39 Å². The summed E-state index contributed by atoms with van der Waals surface area (Å²) in [4.78, 5) is 22.6. The summed E-state index contributed by atoms with van der Waals surface area (Å²) in [5.74, 6) is -1.54. The second kappa shape index (κ2) is 7.78. The fourth-order valence-electron chi connectivity index (χ4n) is 1.48. The van der Waals surface area contributed by atoms with Gasteiger partial charge in [-0.1, -0.05) is 19.1 Å². The first-order valence-electron chi connectivity index (χ1n) is 5.91. The van der Waals surface area contributed by atoms with Crippen molar-refractivity contribution in [2.45, 2.75) is 30.7 Å². The fourth-order valence-corrected chi connectivity index (χ4v) is 2.23. The molecular weight excluding hydrogens is 269 g/mol. The van der Waals surface area contributed by atoms with Gasteiger partial charge in [0, 0.05) is 10.9 Å². The van der Waals surface area contributed by atoms with E-state index in [1.165, 1.54) is 6.07 Å². The van der Waals surface area contributed by atoms with Gasteiger partial charge in [0.05, 0.1) is 12.2 Å². The van der Waals surface area contributed by atoms with Crippen molar-refractivity contribution < 1.29 is 19.1 Å². The van der Waals surface area contributed by atoms with Crippen molar-refractivity contribution >= 4 is 23.6 Å². The maximum absolute atomic E-state index is 13.3. The molecule has 0 saturated heterocycles. The molecule has 6 heteroatoms. The highest BCUT2D eigenvalue weighted by Crippen LogP contribution is 2.20. The number of hydrogen-bond donors (Lipinski definition) is 2. The molecule has 19 heavy (non-hydrogen) atoms. The fraction of sp³-hybridized carbons (Fsp3) is 0.385. The molecule has 0 heterocycles. The van der Waals surface area contributed by atoms with Crippen molar-refractivity contribution in [1.82, 2.24) is 5.32 Å². The van der Waals surface area contributed by atoms with Crippen LogP contribution < -0.4 is 5.32 Å². The molecular formula is C13H16FNO3S. The van der Waals surface area contributed by atoms with Crippen LogP contribution in [0, 0.1) is 5.82 Å². The molecule has 0 aliphatic heterocycles. The minimum absolute atomic E-state index is 0.0665. The second-order valence-electron chi connectivity index (χ2n) is 3.99.